The van der Waals surface area contributed by atoms with Gasteiger partial charge in [-0.1, -0.05) is 81.1 Å². The van der Waals surface area contributed by atoms with Gasteiger partial charge in [0.05, 0.1) is 5.75 Å². The van der Waals surface area contributed by atoms with Crippen molar-refractivity contribution >= 4 is 39.8 Å². The van der Waals surface area contributed by atoms with Crippen LogP contribution in [0.15, 0.2) is 46.8 Å². The molecule has 0 bridgehead atoms. The van der Waals surface area contributed by atoms with Crippen molar-refractivity contribution < 1.29 is 9.18 Å². The molecule has 0 saturated heterocycles. The standard InChI is InChI=1S/C23H27FN4OS2/c1-14(2)18-6-5-7-19(15(3)4)21(18)26-20(29)13-30-23-28-27-22(31-23)25-12-16-8-10-17(24)11-9-16/h5-11,14-15H,12-13H2,1-4H3,(H,25,27)(H,26,29). The molecule has 3 aromatic rings. The van der Waals surface area contributed by atoms with Gasteiger partial charge in [-0.15, -0.1) is 10.2 Å². The molecule has 0 spiro atoms. The Kier molecular flexibility index (Phi) is 8.03. The number of halogens is 1. The van der Waals surface area contributed by atoms with Crippen LogP contribution in [0.1, 0.15) is 56.2 Å². The first-order valence-corrected chi connectivity index (χ1v) is 12.0. The number of rotatable bonds is 9. The van der Waals surface area contributed by atoms with E-state index in [0.29, 0.717) is 23.5 Å². The first-order valence-electron chi connectivity index (χ1n) is 10.2. The molecule has 8 heteroatoms. The predicted molar refractivity (Wildman–Crippen MR) is 128 cm³/mol. The van der Waals surface area contributed by atoms with Crippen LogP contribution < -0.4 is 10.6 Å². The zero-order chi connectivity index (χ0) is 22.4. The molecule has 0 aliphatic rings. The Bertz CT molecular complexity index is 992. The average molecular weight is 459 g/mol. The first-order chi connectivity index (χ1) is 14.8. The van der Waals surface area contributed by atoms with E-state index in [4.69, 9.17) is 0 Å². The van der Waals surface area contributed by atoms with Crippen molar-refractivity contribution in [1.82, 2.24) is 10.2 Å². The smallest absolute Gasteiger partial charge is 0.234 e. The second-order valence-electron chi connectivity index (χ2n) is 7.81. The molecule has 0 atom stereocenters. The Labute approximate surface area is 190 Å². The number of aromatic nitrogens is 2. The van der Waals surface area contributed by atoms with E-state index in [1.54, 1.807) is 12.1 Å². The lowest BCUT2D eigenvalue weighted by Gasteiger charge is -2.20. The molecule has 5 nitrogen and oxygen atoms in total. The Morgan fingerprint density at radius 2 is 1.68 bits per heavy atom. The highest BCUT2D eigenvalue weighted by atomic mass is 32.2. The van der Waals surface area contributed by atoms with Gasteiger partial charge in [0.15, 0.2) is 4.34 Å². The Hall–Kier alpha value is -2.45. The normalized spacial score (nSPS) is 11.2. The number of nitrogens with zero attached hydrogens (tertiary/aromatic N) is 2. The third-order valence-corrected chi connectivity index (χ3v) is 6.74. The van der Waals surface area contributed by atoms with Crippen molar-refractivity contribution in [3.05, 3.63) is 65.0 Å². The van der Waals surface area contributed by atoms with Crippen molar-refractivity contribution in [2.45, 2.75) is 50.4 Å². The maximum atomic E-state index is 13.0. The van der Waals surface area contributed by atoms with Gasteiger partial charge in [-0.3, -0.25) is 4.79 Å². The largest absolute Gasteiger partial charge is 0.356 e. The maximum Gasteiger partial charge on any atom is 0.234 e. The molecule has 164 valence electrons. The van der Waals surface area contributed by atoms with Gasteiger partial charge in [0.2, 0.25) is 11.0 Å². The second-order valence-corrected chi connectivity index (χ2v) is 10.0. The maximum absolute atomic E-state index is 13.0. The molecule has 1 heterocycles. The number of carbonyl (C=O) groups is 1. The molecular formula is C23H27FN4OS2. The van der Waals surface area contributed by atoms with Crippen LogP contribution in [-0.2, 0) is 11.3 Å². The fraction of sp³-hybridized carbons (Fsp3) is 0.348. The summed E-state index contributed by atoms with van der Waals surface area (Å²) in [7, 11) is 0. The number of anilines is 2. The fourth-order valence-electron chi connectivity index (χ4n) is 3.12. The molecule has 0 radical (unpaired) electrons. The van der Waals surface area contributed by atoms with Gasteiger partial charge < -0.3 is 10.6 Å². The SMILES string of the molecule is CC(C)c1cccc(C(C)C)c1NC(=O)CSc1nnc(NCc2ccc(F)cc2)s1. The van der Waals surface area contributed by atoms with Crippen LogP contribution in [0, 0.1) is 5.82 Å². The predicted octanol–water partition coefficient (Wildman–Crippen LogP) is 6.27. The van der Waals surface area contributed by atoms with Crippen molar-refractivity contribution in [1.29, 1.82) is 0 Å². The summed E-state index contributed by atoms with van der Waals surface area (Å²) in [5.41, 5.74) is 4.17. The van der Waals surface area contributed by atoms with Crippen LogP contribution in [0.2, 0.25) is 0 Å². The monoisotopic (exact) mass is 458 g/mol. The van der Waals surface area contributed by atoms with Gasteiger partial charge in [0.25, 0.3) is 0 Å². The van der Waals surface area contributed by atoms with E-state index in [1.165, 1.54) is 35.2 Å². The lowest BCUT2D eigenvalue weighted by Crippen LogP contribution is -2.17. The van der Waals surface area contributed by atoms with Crippen molar-refractivity contribution in [2.75, 3.05) is 16.4 Å². The number of para-hydroxylation sites is 1. The molecule has 0 unspecified atom stereocenters. The Balaban J connectivity index is 1.56. The topological polar surface area (TPSA) is 66.9 Å². The summed E-state index contributed by atoms with van der Waals surface area (Å²) in [5, 5.41) is 15.2. The van der Waals surface area contributed by atoms with Crippen LogP contribution in [0.25, 0.3) is 0 Å². The van der Waals surface area contributed by atoms with E-state index in [2.05, 4.69) is 66.7 Å². The third kappa shape index (κ3) is 6.51. The molecule has 1 aromatic heterocycles. The summed E-state index contributed by atoms with van der Waals surface area (Å²) in [6.45, 7) is 9.05. The number of hydrogen-bond acceptors (Lipinski definition) is 6. The van der Waals surface area contributed by atoms with Crippen LogP contribution in [0.3, 0.4) is 0 Å². The van der Waals surface area contributed by atoms with E-state index >= 15 is 0 Å². The van der Waals surface area contributed by atoms with Crippen LogP contribution >= 0.6 is 23.1 Å². The molecule has 0 saturated carbocycles. The summed E-state index contributed by atoms with van der Waals surface area (Å²) in [4.78, 5) is 12.7. The van der Waals surface area contributed by atoms with Gasteiger partial charge in [0, 0.05) is 12.2 Å². The molecule has 3 rings (SSSR count). The number of hydrogen-bond donors (Lipinski definition) is 2. The van der Waals surface area contributed by atoms with Gasteiger partial charge >= 0.3 is 0 Å². The first kappa shape index (κ1) is 23.2. The minimum Gasteiger partial charge on any atom is -0.356 e. The summed E-state index contributed by atoms with van der Waals surface area (Å²) in [6, 6.07) is 12.5. The van der Waals surface area contributed by atoms with Crippen molar-refractivity contribution in [3.8, 4) is 0 Å². The summed E-state index contributed by atoms with van der Waals surface area (Å²) in [5.74, 6) is 0.583. The molecule has 0 aliphatic heterocycles. The molecule has 31 heavy (non-hydrogen) atoms. The Morgan fingerprint density at radius 1 is 1.03 bits per heavy atom. The molecular weight excluding hydrogens is 431 g/mol. The number of benzene rings is 2. The highest BCUT2D eigenvalue weighted by molar-refractivity contribution is 8.01. The zero-order valence-electron chi connectivity index (χ0n) is 18.1. The lowest BCUT2D eigenvalue weighted by atomic mass is 9.92. The van der Waals surface area contributed by atoms with Crippen molar-refractivity contribution in [2.24, 2.45) is 0 Å². The number of nitrogens with one attached hydrogen (secondary N) is 2. The van der Waals surface area contributed by atoms with Gasteiger partial charge in [-0.05, 0) is 40.7 Å². The number of carbonyl (C=O) groups excluding carboxylic acids is 1. The highest BCUT2D eigenvalue weighted by Gasteiger charge is 2.16. The van der Waals surface area contributed by atoms with Gasteiger partial charge in [-0.2, -0.15) is 0 Å². The molecule has 2 N–H and O–H groups in total. The van der Waals surface area contributed by atoms with E-state index in [9.17, 15) is 9.18 Å². The van der Waals surface area contributed by atoms with Gasteiger partial charge in [-0.25, -0.2) is 4.39 Å². The molecule has 0 aliphatic carbocycles. The number of amides is 1. The van der Waals surface area contributed by atoms with Crippen LogP contribution in [-0.4, -0.2) is 21.9 Å². The fourth-order valence-corrected chi connectivity index (χ4v) is 4.67. The van der Waals surface area contributed by atoms with E-state index < -0.39 is 0 Å². The third-order valence-electron chi connectivity index (χ3n) is 4.73. The molecule has 0 fully saturated rings. The average Bonchev–Trinajstić information content (AvgIpc) is 3.19. The Morgan fingerprint density at radius 3 is 2.29 bits per heavy atom. The minimum absolute atomic E-state index is 0.0592. The van der Waals surface area contributed by atoms with Crippen LogP contribution in [0.4, 0.5) is 15.2 Å². The minimum atomic E-state index is -0.256. The van der Waals surface area contributed by atoms with E-state index in [0.717, 1.165) is 26.7 Å². The number of thioether (sulfide) groups is 1. The van der Waals surface area contributed by atoms with E-state index in [1.807, 2.05) is 0 Å². The van der Waals surface area contributed by atoms with E-state index in [-0.39, 0.29) is 17.5 Å². The summed E-state index contributed by atoms with van der Waals surface area (Å²) < 4.78 is 13.7. The molecule has 2 aromatic carbocycles. The zero-order valence-corrected chi connectivity index (χ0v) is 19.7. The van der Waals surface area contributed by atoms with Crippen LogP contribution in [0.5, 0.6) is 0 Å². The van der Waals surface area contributed by atoms with Crippen molar-refractivity contribution in [3.63, 3.8) is 0 Å². The second kappa shape index (κ2) is 10.7. The molecule has 1 amide bonds. The van der Waals surface area contributed by atoms with Gasteiger partial charge in [0.1, 0.15) is 5.82 Å². The lowest BCUT2D eigenvalue weighted by molar-refractivity contribution is -0.113. The summed E-state index contributed by atoms with van der Waals surface area (Å²) >= 11 is 2.76. The quantitative estimate of drug-likeness (QED) is 0.370. The summed E-state index contributed by atoms with van der Waals surface area (Å²) in [6.07, 6.45) is 0. The highest BCUT2D eigenvalue weighted by Crippen LogP contribution is 2.33.